The second-order valence-corrected chi connectivity index (χ2v) is 6.79. The summed E-state index contributed by atoms with van der Waals surface area (Å²) in [7, 11) is 0. The lowest BCUT2D eigenvalue weighted by Crippen LogP contribution is -2.28. The zero-order valence-corrected chi connectivity index (χ0v) is 16.2. The molecule has 6 heteroatoms. The number of aryl methyl sites for hydroxylation is 1. The molecule has 1 aromatic carbocycles. The number of aromatic nitrogens is 3. The van der Waals surface area contributed by atoms with Gasteiger partial charge >= 0.3 is 0 Å². The number of phenolic OH excluding ortho intramolecular Hbond substituents is 1. The molecule has 2 aromatic heterocycles. The van der Waals surface area contributed by atoms with Crippen LogP contribution in [0.2, 0.25) is 0 Å². The summed E-state index contributed by atoms with van der Waals surface area (Å²) in [4.78, 5) is 4.74. The summed E-state index contributed by atoms with van der Waals surface area (Å²) >= 11 is 0. The molecule has 3 aromatic rings. The van der Waals surface area contributed by atoms with Gasteiger partial charge in [-0.05, 0) is 61.9 Å². The van der Waals surface area contributed by atoms with Crippen molar-refractivity contribution in [2.24, 2.45) is 0 Å². The van der Waals surface area contributed by atoms with E-state index in [9.17, 15) is 10.2 Å². The number of phenols is 1. The number of aliphatic hydroxyl groups is 1. The summed E-state index contributed by atoms with van der Waals surface area (Å²) in [6, 6.07) is 7.79. The number of nitrogens with zero attached hydrogens (tertiary/aromatic N) is 3. The fraction of sp³-hybridized carbons (Fsp3) is 0.429. The quantitative estimate of drug-likeness (QED) is 0.647. The average Bonchev–Trinajstić information content (AvgIpc) is 3.11. The van der Waals surface area contributed by atoms with Gasteiger partial charge in [0.2, 0.25) is 0 Å². The molecule has 1 aliphatic carbocycles. The minimum absolute atomic E-state index is 0.160. The molecule has 1 fully saturated rings. The number of benzene rings is 1. The smallest absolute Gasteiger partial charge is 0.165 e. The lowest BCUT2D eigenvalue weighted by Gasteiger charge is -2.26. The van der Waals surface area contributed by atoms with Gasteiger partial charge < -0.3 is 15.5 Å². The Hall–Kier alpha value is -2.60. The van der Waals surface area contributed by atoms with E-state index in [1.54, 1.807) is 16.8 Å². The van der Waals surface area contributed by atoms with E-state index >= 15 is 0 Å². The monoisotopic (exact) mass is 368 g/mol. The van der Waals surface area contributed by atoms with Crippen LogP contribution in [-0.2, 0) is 0 Å². The molecule has 6 nitrogen and oxygen atoms in total. The number of nitrogens with one attached hydrogen (secondary N) is 1. The van der Waals surface area contributed by atoms with Crippen molar-refractivity contribution in [1.82, 2.24) is 14.6 Å². The molecule has 0 bridgehead atoms. The molecule has 1 aliphatic rings. The van der Waals surface area contributed by atoms with E-state index in [1.807, 2.05) is 45.2 Å². The predicted molar refractivity (Wildman–Crippen MR) is 108 cm³/mol. The van der Waals surface area contributed by atoms with Gasteiger partial charge in [-0.15, -0.1) is 0 Å². The second kappa shape index (κ2) is 8.39. The molecule has 4 rings (SSSR count). The van der Waals surface area contributed by atoms with Crippen LogP contribution in [0.5, 0.6) is 5.75 Å². The van der Waals surface area contributed by atoms with Gasteiger partial charge in [-0.25, -0.2) is 9.50 Å². The summed E-state index contributed by atoms with van der Waals surface area (Å²) < 4.78 is 1.76. The normalized spacial score (nSPS) is 19.4. The zero-order chi connectivity index (χ0) is 19.4. The molecule has 0 spiro atoms. The Bertz CT molecular complexity index is 898. The number of hydrogen-bond donors (Lipinski definition) is 3. The molecule has 0 aliphatic heterocycles. The molecule has 27 heavy (non-hydrogen) atoms. The molecule has 2 heterocycles. The third-order valence-corrected chi connectivity index (χ3v) is 4.93. The van der Waals surface area contributed by atoms with Gasteiger partial charge in [-0.3, -0.25) is 0 Å². The number of hydrogen-bond acceptors (Lipinski definition) is 5. The van der Waals surface area contributed by atoms with E-state index in [4.69, 9.17) is 4.98 Å². The molecule has 0 saturated heterocycles. The Kier molecular flexibility index (Phi) is 5.96. The van der Waals surface area contributed by atoms with Crippen molar-refractivity contribution in [2.45, 2.75) is 58.6 Å². The largest absolute Gasteiger partial charge is 0.508 e. The Morgan fingerprint density at radius 1 is 1.11 bits per heavy atom. The zero-order valence-electron chi connectivity index (χ0n) is 16.2. The number of anilines is 1. The molecule has 1 saturated carbocycles. The topological polar surface area (TPSA) is 82.7 Å². The Morgan fingerprint density at radius 3 is 2.56 bits per heavy atom. The van der Waals surface area contributed by atoms with Gasteiger partial charge in [0.25, 0.3) is 0 Å². The first-order valence-corrected chi connectivity index (χ1v) is 9.69. The SMILES string of the molecule is CC.Cc1cc(-c2cnn3ccc(NC4CCC(O)CC4)nc23)ccc1O. The fourth-order valence-corrected chi connectivity index (χ4v) is 3.41. The first kappa shape index (κ1) is 19.2. The molecule has 144 valence electrons. The summed E-state index contributed by atoms with van der Waals surface area (Å²) in [6.07, 6.45) is 7.13. The maximum atomic E-state index is 9.74. The highest BCUT2D eigenvalue weighted by molar-refractivity contribution is 5.78. The van der Waals surface area contributed by atoms with Crippen LogP contribution in [0.3, 0.4) is 0 Å². The van der Waals surface area contributed by atoms with E-state index in [0.717, 1.165) is 53.8 Å². The molecule has 3 N–H and O–H groups in total. The van der Waals surface area contributed by atoms with E-state index < -0.39 is 0 Å². The van der Waals surface area contributed by atoms with Gasteiger partial charge in [0.15, 0.2) is 5.65 Å². The summed E-state index contributed by atoms with van der Waals surface area (Å²) in [5, 5.41) is 27.2. The molecule has 0 amide bonds. The van der Waals surface area contributed by atoms with Gasteiger partial charge in [0, 0.05) is 17.8 Å². The highest BCUT2D eigenvalue weighted by Crippen LogP contribution is 2.28. The van der Waals surface area contributed by atoms with Crippen LogP contribution in [0.1, 0.15) is 45.1 Å². The Morgan fingerprint density at radius 2 is 1.85 bits per heavy atom. The van der Waals surface area contributed by atoms with Crippen LogP contribution in [0.25, 0.3) is 16.8 Å². The summed E-state index contributed by atoms with van der Waals surface area (Å²) in [6.45, 7) is 5.88. The minimum Gasteiger partial charge on any atom is -0.508 e. The molecular formula is C21H28N4O2. The van der Waals surface area contributed by atoms with Gasteiger partial charge in [0.05, 0.1) is 12.3 Å². The van der Waals surface area contributed by atoms with Crippen LogP contribution in [-0.4, -0.2) is 37.0 Å². The Labute approximate surface area is 159 Å². The Balaban J connectivity index is 0.00000102. The first-order chi connectivity index (χ1) is 13.1. The third-order valence-electron chi connectivity index (χ3n) is 4.93. The van der Waals surface area contributed by atoms with Gasteiger partial charge in [-0.1, -0.05) is 19.9 Å². The predicted octanol–water partition coefficient (Wildman–Crippen LogP) is 4.15. The maximum absolute atomic E-state index is 9.74. The third kappa shape index (κ3) is 4.22. The molecule has 0 atom stereocenters. The van der Waals surface area contributed by atoms with Crippen LogP contribution < -0.4 is 5.32 Å². The maximum Gasteiger partial charge on any atom is 0.165 e. The number of aromatic hydroxyl groups is 1. The van der Waals surface area contributed by atoms with E-state index in [-0.39, 0.29) is 11.9 Å². The van der Waals surface area contributed by atoms with E-state index in [1.165, 1.54) is 0 Å². The van der Waals surface area contributed by atoms with Crippen molar-refractivity contribution >= 4 is 11.5 Å². The van der Waals surface area contributed by atoms with Crippen molar-refractivity contribution in [2.75, 3.05) is 5.32 Å². The standard InChI is InChI=1S/C19H22N4O2.C2H6/c1-12-10-13(2-7-17(12)25)16-11-20-23-9-8-18(22-19(16)23)21-14-3-5-15(24)6-4-14;1-2/h2,7-11,14-15,24-25H,3-6H2,1H3,(H,21,22);1-2H3. The number of rotatable bonds is 3. The van der Waals surface area contributed by atoms with E-state index in [2.05, 4.69) is 10.4 Å². The van der Waals surface area contributed by atoms with Crippen molar-refractivity contribution in [1.29, 1.82) is 0 Å². The first-order valence-electron chi connectivity index (χ1n) is 9.69. The van der Waals surface area contributed by atoms with Crippen molar-refractivity contribution < 1.29 is 10.2 Å². The second-order valence-electron chi connectivity index (χ2n) is 6.79. The van der Waals surface area contributed by atoms with Gasteiger partial charge in [-0.2, -0.15) is 5.10 Å². The number of fused-ring (bicyclic) bond motifs is 1. The molecular weight excluding hydrogens is 340 g/mol. The van der Waals surface area contributed by atoms with Crippen LogP contribution in [0.4, 0.5) is 5.82 Å². The average molecular weight is 368 g/mol. The number of aliphatic hydroxyl groups excluding tert-OH is 1. The van der Waals surface area contributed by atoms with E-state index in [0.29, 0.717) is 6.04 Å². The summed E-state index contributed by atoms with van der Waals surface area (Å²) in [5.74, 6) is 1.11. The van der Waals surface area contributed by atoms with Crippen molar-refractivity contribution in [3.8, 4) is 16.9 Å². The fourth-order valence-electron chi connectivity index (χ4n) is 3.41. The van der Waals surface area contributed by atoms with Gasteiger partial charge in [0.1, 0.15) is 11.6 Å². The highest BCUT2D eigenvalue weighted by atomic mass is 16.3. The van der Waals surface area contributed by atoms with Crippen molar-refractivity contribution in [3.05, 3.63) is 42.2 Å². The highest BCUT2D eigenvalue weighted by Gasteiger charge is 2.19. The van der Waals surface area contributed by atoms with Crippen molar-refractivity contribution in [3.63, 3.8) is 0 Å². The lowest BCUT2D eigenvalue weighted by molar-refractivity contribution is 0.126. The van der Waals surface area contributed by atoms with Crippen LogP contribution in [0.15, 0.2) is 36.7 Å². The summed E-state index contributed by atoms with van der Waals surface area (Å²) in [5.41, 5.74) is 3.53. The lowest BCUT2D eigenvalue weighted by atomic mass is 9.93. The molecule has 0 unspecified atom stereocenters. The molecule has 0 radical (unpaired) electrons. The van der Waals surface area contributed by atoms with Crippen LogP contribution >= 0.6 is 0 Å². The minimum atomic E-state index is -0.160. The van der Waals surface area contributed by atoms with Crippen LogP contribution in [0, 0.1) is 6.92 Å².